The molecule has 1 heterocycles. The van der Waals surface area contributed by atoms with Crippen LogP contribution in [0.15, 0.2) is 17.7 Å². The fourth-order valence-electron chi connectivity index (χ4n) is 2.89. The van der Waals surface area contributed by atoms with Gasteiger partial charge < -0.3 is 5.32 Å². The fourth-order valence-corrected chi connectivity index (χ4v) is 2.89. The van der Waals surface area contributed by atoms with Crippen LogP contribution in [0.2, 0.25) is 0 Å². The van der Waals surface area contributed by atoms with Crippen LogP contribution >= 0.6 is 0 Å². The molecule has 0 radical (unpaired) electrons. The largest absolute Gasteiger partial charge is 0.306 e. The third-order valence-corrected chi connectivity index (χ3v) is 4.00. The summed E-state index contributed by atoms with van der Waals surface area (Å²) in [6.07, 6.45) is 10.0. The second kappa shape index (κ2) is 7.53. The van der Waals surface area contributed by atoms with Crippen molar-refractivity contribution in [2.45, 2.75) is 65.3 Å². The Kier molecular flexibility index (Phi) is 5.72. The molecule has 3 heteroatoms. The smallest absolute Gasteiger partial charge is 0.0651 e. The van der Waals surface area contributed by atoms with Crippen molar-refractivity contribution in [3.05, 3.63) is 34.7 Å². The first-order chi connectivity index (χ1) is 9.72. The number of hydrogen-bond donors (Lipinski definition) is 1. The lowest BCUT2D eigenvalue weighted by Crippen LogP contribution is -2.25. The number of rotatable bonds is 5. The summed E-state index contributed by atoms with van der Waals surface area (Å²) in [5.41, 5.74) is 4.91. The average Bonchev–Trinajstić information content (AvgIpc) is 2.72. The summed E-state index contributed by atoms with van der Waals surface area (Å²) in [6.45, 7) is 7.35. The quantitative estimate of drug-likeness (QED) is 0.823. The first-order valence-electron chi connectivity index (χ1n) is 7.95. The lowest BCUT2D eigenvalue weighted by molar-refractivity contribution is 0.561. The minimum atomic E-state index is 0.322. The third kappa shape index (κ3) is 3.89. The van der Waals surface area contributed by atoms with Gasteiger partial charge in [-0.2, -0.15) is 10.2 Å². The molecule has 1 N–H and O–H groups in total. The van der Waals surface area contributed by atoms with Crippen molar-refractivity contribution in [1.82, 2.24) is 15.5 Å². The van der Waals surface area contributed by atoms with Gasteiger partial charge in [-0.3, -0.25) is 0 Å². The standard InChI is InChI=1S/C17H27N3/c1-4-11-18-17(15-9-7-5-6-8-10-15)16-12-13(2)19-20-14(16)3/h9,12,17-18H,4-8,10-11H2,1-3H3. The molecular weight excluding hydrogens is 246 g/mol. The maximum Gasteiger partial charge on any atom is 0.0651 e. The highest BCUT2D eigenvalue weighted by Crippen LogP contribution is 2.30. The van der Waals surface area contributed by atoms with E-state index in [0.717, 1.165) is 24.4 Å². The van der Waals surface area contributed by atoms with Crippen LogP contribution in [0, 0.1) is 13.8 Å². The van der Waals surface area contributed by atoms with E-state index in [-0.39, 0.29) is 0 Å². The lowest BCUT2D eigenvalue weighted by atomic mass is 9.94. The van der Waals surface area contributed by atoms with Gasteiger partial charge in [-0.05, 0) is 64.1 Å². The van der Waals surface area contributed by atoms with E-state index < -0.39 is 0 Å². The Labute approximate surface area is 122 Å². The highest BCUT2D eigenvalue weighted by molar-refractivity contribution is 5.32. The average molecular weight is 273 g/mol. The van der Waals surface area contributed by atoms with E-state index in [2.05, 4.69) is 41.5 Å². The van der Waals surface area contributed by atoms with E-state index in [9.17, 15) is 0 Å². The molecule has 0 spiro atoms. The van der Waals surface area contributed by atoms with Crippen LogP contribution in [0.1, 0.15) is 68.4 Å². The first kappa shape index (κ1) is 15.2. The number of aromatic nitrogens is 2. The Morgan fingerprint density at radius 3 is 2.85 bits per heavy atom. The van der Waals surface area contributed by atoms with Crippen LogP contribution in [0.5, 0.6) is 0 Å². The Hall–Kier alpha value is -1.22. The SMILES string of the molecule is CCCNC(C1=CCCCCC1)c1cc(C)nnc1C. The molecule has 2 rings (SSSR count). The van der Waals surface area contributed by atoms with E-state index >= 15 is 0 Å². The predicted molar refractivity (Wildman–Crippen MR) is 83.7 cm³/mol. The molecule has 0 bridgehead atoms. The normalized spacial score (nSPS) is 17.4. The van der Waals surface area contributed by atoms with Gasteiger partial charge in [0.15, 0.2) is 0 Å². The summed E-state index contributed by atoms with van der Waals surface area (Å²) in [6, 6.07) is 2.52. The van der Waals surface area contributed by atoms with Gasteiger partial charge in [0.2, 0.25) is 0 Å². The van der Waals surface area contributed by atoms with E-state index in [1.165, 1.54) is 37.7 Å². The Balaban J connectivity index is 2.30. The third-order valence-electron chi connectivity index (χ3n) is 4.00. The van der Waals surface area contributed by atoms with Gasteiger partial charge in [0, 0.05) is 0 Å². The molecule has 110 valence electrons. The van der Waals surface area contributed by atoms with E-state index in [4.69, 9.17) is 0 Å². The summed E-state index contributed by atoms with van der Waals surface area (Å²) < 4.78 is 0. The van der Waals surface area contributed by atoms with Crippen LogP contribution in [0.25, 0.3) is 0 Å². The number of allylic oxidation sites excluding steroid dienone is 1. The van der Waals surface area contributed by atoms with E-state index in [1.807, 2.05) is 6.92 Å². The first-order valence-corrected chi connectivity index (χ1v) is 7.95. The van der Waals surface area contributed by atoms with E-state index in [1.54, 1.807) is 5.57 Å². The maximum absolute atomic E-state index is 4.31. The molecule has 0 aliphatic heterocycles. The molecule has 20 heavy (non-hydrogen) atoms. The molecule has 0 amide bonds. The summed E-state index contributed by atoms with van der Waals surface area (Å²) in [5, 5.41) is 12.2. The van der Waals surface area contributed by atoms with Crippen LogP contribution in [0.4, 0.5) is 0 Å². The summed E-state index contributed by atoms with van der Waals surface area (Å²) in [4.78, 5) is 0. The molecule has 0 fully saturated rings. The zero-order chi connectivity index (χ0) is 14.4. The minimum Gasteiger partial charge on any atom is -0.306 e. The zero-order valence-electron chi connectivity index (χ0n) is 13.1. The van der Waals surface area contributed by atoms with Crippen molar-refractivity contribution in [2.75, 3.05) is 6.54 Å². The highest BCUT2D eigenvalue weighted by atomic mass is 15.1. The monoisotopic (exact) mass is 273 g/mol. The van der Waals surface area contributed by atoms with Gasteiger partial charge >= 0.3 is 0 Å². The molecule has 1 aromatic heterocycles. The van der Waals surface area contributed by atoms with Gasteiger partial charge in [0.25, 0.3) is 0 Å². The molecule has 0 aromatic carbocycles. The second-order valence-electron chi connectivity index (χ2n) is 5.79. The number of aryl methyl sites for hydroxylation is 2. The summed E-state index contributed by atoms with van der Waals surface area (Å²) in [7, 11) is 0. The van der Waals surface area contributed by atoms with Gasteiger partial charge in [0.05, 0.1) is 17.4 Å². The molecule has 0 saturated heterocycles. The van der Waals surface area contributed by atoms with Crippen LogP contribution < -0.4 is 5.32 Å². The van der Waals surface area contributed by atoms with Gasteiger partial charge in [-0.15, -0.1) is 0 Å². The Bertz CT molecular complexity index is 465. The molecule has 1 aromatic rings. The van der Waals surface area contributed by atoms with Crippen molar-refractivity contribution in [3.8, 4) is 0 Å². The maximum atomic E-state index is 4.31. The minimum absolute atomic E-state index is 0.322. The highest BCUT2D eigenvalue weighted by Gasteiger charge is 2.19. The zero-order valence-corrected chi connectivity index (χ0v) is 13.1. The molecule has 1 aliphatic carbocycles. The van der Waals surface area contributed by atoms with Crippen molar-refractivity contribution < 1.29 is 0 Å². The summed E-state index contributed by atoms with van der Waals surface area (Å²) in [5.74, 6) is 0. The number of nitrogens with one attached hydrogen (secondary N) is 1. The molecule has 1 atom stereocenters. The molecule has 0 saturated carbocycles. The fraction of sp³-hybridized carbons (Fsp3) is 0.647. The molecular formula is C17H27N3. The summed E-state index contributed by atoms with van der Waals surface area (Å²) >= 11 is 0. The predicted octanol–water partition coefficient (Wildman–Crippen LogP) is 4.02. The van der Waals surface area contributed by atoms with E-state index in [0.29, 0.717) is 6.04 Å². The van der Waals surface area contributed by atoms with Crippen LogP contribution in [0.3, 0.4) is 0 Å². The number of nitrogens with zero attached hydrogens (tertiary/aromatic N) is 2. The topological polar surface area (TPSA) is 37.8 Å². The van der Waals surface area contributed by atoms with Crippen molar-refractivity contribution >= 4 is 0 Å². The van der Waals surface area contributed by atoms with Crippen LogP contribution in [-0.2, 0) is 0 Å². The number of hydrogen-bond acceptors (Lipinski definition) is 3. The molecule has 1 aliphatic rings. The van der Waals surface area contributed by atoms with Crippen molar-refractivity contribution in [1.29, 1.82) is 0 Å². The molecule has 3 nitrogen and oxygen atoms in total. The van der Waals surface area contributed by atoms with Gasteiger partial charge in [0.1, 0.15) is 0 Å². The Morgan fingerprint density at radius 2 is 2.05 bits per heavy atom. The van der Waals surface area contributed by atoms with Crippen molar-refractivity contribution in [3.63, 3.8) is 0 Å². The second-order valence-corrected chi connectivity index (χ2v) is 5.79. The lowest BCUT2D eigenvalue weighted by Gasteiger charge is -2.23. The van der Waals surface area contributed by atoms with Gasteiger partial charge in [-0.25, -0.2) is 0 Å². The van der Waals surface area contributed by atoms with Gasteiger partial charge in [-0.1, -0.05) is 25.0 Å². The molecule has 1 unspecified atom stereocenters. The Morgan fingerprint density at radius 1 is 1.20 bits per heavy atom. The van der Waals surface area contributed by atoms with Crippen LogP contribution in [-0.4, -0.2) is 16.7 Å². The van der Waals surface area contributed by atoms with Crippen molar-refractivity contribution in [2.24, 2.45) is 0 Å².